The Hall–Kier alpha value is -0.330. The molecule has 4 nitrogen and oxygen atoms in total. The lowest BCUT2D eigenvalue weighted by molar-refractivity contribution is -0.132. The van der Waals surface area contributed by atoms with E-state index in [9.17, 15) is 4.79 Å². The van der Waals surface area contributed by atoms with E-state index in [4.69, 9.17) is 5.73 Å². The number of halogens is 2. The third-order valence-electron chi connectivity index (χ3n) is 3.67. The first-order chi connectivity index (χ1) is 10.1. The maximum absolute atomic E-state index is 12.4. The lowest BCUT2D eigenvalue weighted by atomic mass is 10.2. The second-order valence-corrected chi connectivity index (χ2v) is 6.47. The number of likely N-dealkylation sites (N-methyl/N-ethyl adjacent to an activating group) is 1. The molecule has 1 amide bonds. The van der Waals surface area contributed by atoms with E-state index in [2.05, 4.69) is 30.2 Å². The van der Waals surface area contributed by atoms with Gasteiger partial charge >= 0.3 is 0 Å². The average molecular weight is 384 g/mol. The van der Waals surface area contributed by atoms with Crippen LogP contribution >= 0.6 is 36.2 Å². The quantitative estimate of drug-likeness (QED) is 0.673. The van der Waals surface area contributed by atoms with Crippen LogP contribution in [0.25, 0.3) is 0 Å². The molecule has 0 fully saturated rings. The minimum absolute atomic E-state index is 0. The van der Waals surface area contributed by atoms with Gasteiger partial charge in [-0.25, -0.2) is 0 Å². The Kier molecular flexibility index (Phi) is 15.2. The summed E-state index contributed by atoms with van der Waals surface area (Å²) in [5.74, 6) is 0.216. The molecule has 23 heavy (non-hydrogen) atoms. The molecule has 136 valence electrons. The summed E-state index contributed by atoms with van der Waals surface area (Å²) < 4.78 is 0. The highest BCUT2D eigenvalue weighted by Gasteiger charge is 2.15. The number of nitrogens with two attached hydrogens (primary N) is 1. The third kappa shape index (κ3) is 10.2. The maximum atomic E-state index is 12.4. The van der Waals surface area contributed by atoms with E-state index in [1.54, 1.807) is 11.3 Å². The first-order valence-corrected chi connectivity index (χ1v) is 8.72. The molecule has 0 aromatic carbocycles. The summed E-state index contributed by atoms with van der Waals surface area (Å²) in [6.07, 6.45) is 1.30. The second-order valence-electron chi connectivity index (χ2n) is 5.44. The van der Waals surface area contributed by atoms with Gasteiger partial charge in [0.25, 0.3) is 0 Å². The smallest absolute Gasteiger partial charge is 0.222 e. The zero-order valence-corrected chi connectivity index (χ0v) is 16.8. The van der Waals surface area contributed by atoms with Crippen LogP contribution < -0.4 is 5.73 Å². The van der Waals surface area contributed by atoms with Gasteiger partial charge in [-0.15, -0.1) is 36.2 Å². The van der Waals surface area contributed by atoms with Crippen LogP contribution in [0.15, 0.2) is 17.5 Å². The minimum atomic E-state index is 0. The van der Waals surface area contributed by atoms with Crippen LogP contribution in [0.2, 0.25) is 0 Å². The van der Waals surface area contributed by atoms with Gasteiger partial charge in [0.2, 0.25) is 5.91 Å². The Morgan fingerprint density at radius 2 is 1.91 bits per heavy atom. The molecular formula is C16H31Cl2N3OS. The zero-order valence-electron chi connectivity index (χ0n) is 14.4. The van der Waals surface area contributed by atoms with E-state index >= 15 is 0 Å². The number of hydrogen-bond acceptors (Lipinski definition) is 4. The van der Waals surface area contributed by atoms with Crippen LogP contribution in [0.3, 0.4) is 0 Å². The van der Waals surface area contributed by atoms with Crippen LogP contribution in [-0.4, -0.2) is 47.9 Å². The van der Waals surface area contributed by atoms with Crippen molar-refractivity contribution in [3.63, 3.8) is 0 Å². The monoisotopic (exact) mass is 383 g/mol. The summed E-state index contributed by atoms with van der Waals surface area (Å²) in [5.41, 5.74) is 5.77. The van der Waals surface area contributed by atoms with Crippen LogP contribution in [0, 0.1) is 0 Å². The van der Waals surface area contributed by atoms with Crippen molar-refractivity contribution in [1.82, 2.24) is 9.80 Å². The molecular weight excluding hydrogens is 353 g/mol. The molecule has 1 aromatic heterocycles. The fourth-order valence-electron chi connectivity index (χ4n) is 2.19. The average Bonchev–Trinajstić information content (AvgIpc) is 2.97. The molecule has 1 aromatic rings. The Bertz CT molecular complexity index is 398. The topological polar surface area (TPSA) is 49.6 Å². The summed E-state index contributed by atoms with van der Waals surface area (Å²) in [6.45, 7) is 10.8. The molecule has 0 aliphatic heterocycles. The summed E-state index contributed by atoms with van der Waals surface area (Å²) in [6, 6.07) is 4.21. The lowest BCUT2D eigenvalue weighted by Crippen LogP contribution is -2.38. The molecule has 7 heteroatoms. The van der Waals surface area contributed by atoms with Gasteiger partial charge in [-0.1, -0.05) is 19.9 Å². The molecule has 0 aliphatic carbocycles. The molecule has 0 radical (unpaired) electrons. The molecule has 1 rings (SSSR count). The predicted octanol–water partition coefficient (Wildman–Crippen LogP) is 3.39. The molecule has 0 bridgehead atoms. The molecule has 2 N–H and O–H groups in total. The minimum Gasteiger partial charge on any atom is -0.336 e. The zero-order chi connectivity index (χ0) is 15.7. The van der Waals surface area contributed by atoms with Gasteiger partial charge in [0.05, 0.1) is 6.54 Å². The van der Waals surface area contributed by atoms with Crippen molar-refractivity contribution in [3.05, 3.63) is 22.4 Å². The second kappa shape index (κ2) is 14.1. The van der Waals surface area contributed by atoms with Crippen molar-refractivity contribution in [2.75, 3.05) is 26.2 Å². The maximum Gasteiger partial charge on any atom is 0.222 e. The highest BCUT2D eigenvalue weighted by atomic mass is 35.5. The third-order valence-corrected chi connectivity index (χ3v) is 4.53. The fourth-order valence-corrected chi connectivity index (χ4v) is 2.91. The van der Waals surface area contributed by atoms with E-state index in [0.29, 0.717) is 6.42 Å². The highest BCUT2D eigenvalue weighted by molar-refractivity contribution is 7.09. The van der Waals surface area contributed by atoms with Crippen molar-refractivity contribution in [1.29, 1.82) is 0 Å². The van der Waals surface area contributed by atoms with Crippen LogP contribution in [-0.2, 0) is 11.3 Å². The van der Waals surface area contributed by atoms with Gasteiger partial charge in [-0.2, -0.15) is 0 Å². The first kappa shape index (κ1) is 24.9. The molecule has 1 heterocycles. The van der Waals surface area contributed by atoms with Gasteiger partial charge in [0, 0.05) is 30.4 Å². The first-order valence-electron chi connectivity index (χ1n) is 7.84. The van der Waals surface area contributed by atoms with E-state index in [1.807, 2.05) is 17.9 Å². The molecule has 1 unspecified atom stereocenters. The predicted molar refractivity (Wildman–Crippen MR) is 105 cm³/mol. The SMILES string of the molecule is CCN(CC)CCN(Cc1cccs1)C(=O)CCC(C)N.Cl.Cl. The number of nitrogens with zero attached hydrogens (tertiary/aromatic N) is 2. The number of hydrogen-bond donors (Lipinski definition) is 1. The van der Waals surface area contributed by atoms with Gasteiger partial charge in [-0.05, 0) is 37.9 Å². The van der Waals surface area contributed by atoms with E-state index in [1.165, 1.54) is 4.88 Å². The number of thiophene rings is 1. The summed E-state index contributed by atoms with van der Waals surface area (Å²) in [7, 11) is 0. The molecule has 0 spiro atoms. The van der Waals surface area contributed by atoms with Crippen molar-refractivity contribution in [2.45, 2.75) is 46.2 Å². The largest absolute Gasteiger partial charge is 0.336 e. The van der Waals surface area contributed by atoms with Gasteiger partial charge in [0.1, 0.15) is 0 Å². The van der Waals surface area contributed by atoms with Crippen LogP contribution in [0.5, 0.6) is 0 Å². The van der Waals surface area contributed by atoms with Gasteiger partial charge in [-0.3, -0.25) is 4.79 Å². The Balaban J connectivity index is 0. The number of carbonyl (C=O) groups excluding carboxylic acids is 1. The van der Waals surface area contributed by atoms with Crippen molar-refractivity contribution in [3.8, 4) is 0 Å². The summed E-state index contributed by atoms with van der Waals surface area (Å²) in [4.78, 5) is 18.0. The summed E-state index contributed by atoms with van der Waals surface area (Å²) in [5, 5.41) is 2.06. The molecule has 0 saturated carbocycles. The Morgan fingerprint density at radius 3 is 2.39 bits per heavy atom. The standard InChI is InChI=1S/C16H29N3OS.2ClH/c1-4-18(5-2)10-11-19(13-15-7-6-12-21-15)16(20)9-8-14(3)17;;/h6-7,12,14H,4-5,8-11,13,17H2,1-3H3;2*1H. The Morgan fingerprint density at radius 1 is 1.26 bits per heavy atom. The lowest BCUT2D eigenvalue weighted by Gasteiger charge is -2.26. The van der Waals surface area contributed by atoms with E-state index < -0.39 is 0 Å². The van der Waals surface area contributed by atoms with E-state index in [0.717, 1.165) is 39.1 Å². The number of carbonyl (C=O) groups is 1. The van der Waals surface area contributed by atoms with Gasteiger partial charge in [0.15, 0.2) is 0 Å². The van der Waals surface area contributed by atoms with Crippen molar-refractivity contribution < 1.29 is 4.79 Å². The fraction of sp³-hybridized carbons (Fsp3) is 0.688. The highest BCUT2D eigenvalue weighted by Crippen LogP contribution is 2.13. The van der Waals surface area contributed by atoms with Crippen molar-refractivity contribution in [2.24, 2.45) is 5.73 Å². The Labute approximate surface area is 157 Å². The van der Waals surface area contributed by atoms with Crippen molar-refractivity contribution >= 4 is 42.1 Å². The normalized spacial score (nSPS) is 11.5. The van der Waals surface area contributed by atoms with Gasteiger partial charge < -0.3 is 15.5 Å². The summed E-state index contributed by atoms with van der Waals surface area (Å²) >= 11 is 1.71. The van der Waals surface area contributed by atoms with E-state index in [-0.39, 0.29) is 36.8 Å². The molecule has 0 aliphatic rings. The number of amides is 1. The molecule has 1 atom stereocenters. The van der Waals surface area contributed by atoms with Crippen LogP contribution in [0.1, 0.15) is 38.5 Å². The van der Waals surface area contributed by atoms with Crippen LogP contribution in [0.4, 0.5) is 0 Å². The number of rotatable bonds is 10. The molecule has 0 saturated heterocycles.